The Morgan fingerprint density at radius 1 is 1.07 bits per heavy atom. The van der Waals surface area contributed by atoms with Gasteiger partial charge in [0.1, 0.15) is 34.5 Å². The molecule has 1 aliphatic heterocycles. The van der Waals surface area contributed by atoms with Gasteiger partial charge in [-0.05, 0) is 61.9 Å². The van der Waals surface area contributed by atoms with Gasteiger partial charge in [-0.1, -0.05) is 0 Å². The Balaban J connectivity index is 1.28. The molecule has 0 unspecified atom stereocenters. The van der Waals surface area contributed by atoms with Crippen molar-refractivity contribution in [1.82, 2.24) is 24.3 Å². The third-order valence-corrected chi connectivity index (χ3v) is 7.73. The van der Waals surface area contributed by atoms with Crippen LogP contribution in [0.15, 0.2) is 48.9 Å². The largest absolute Gasteiger partial charge is 0.416 e. The molecule has 13 heteroatoms. The zero-order valence-electron chi connectivity index (χ0n) is 22.4. The lowest BCUT2D eigenvalue weighted by molar-refractivity contribution is -0.137. The molecule has 218 valence electrons. The SMILES string of the molecule is Nc1nccn2c([C@@H]3CCCN(C(=O)CC4CC4)C3)nc(-c3ccc(C(=O)Nc4cc(C(F)(F)F)ccn4)cc3F)c12. The summed E-state index contributed by atoms with van der Waals surface area (Å²) in [6.07, 6.45) is 3.90. The smallest absolute Gasteiger partial charge is 0.382 e. The van der Waals surface area contributed by atoms with Crippen LogP contribution in [0.4, 0.5) is 29.2 Å². The van der Waals surface area contributed by atoms with Crippen LogP contribution in [0.1, 0.15) is 59.8 Å². The summed E-state index contributed by atoms with van der Waals surface area (Å²) in [5, 5.41) is 2.27. The van der Waals surface area contributed by atoms with Crippen LogP contribution < -0.4 is 11.1 Å². The average molecular weight is 582 g/mol. The molecule has 0 spiro atoms. The first-order chi connectivity index (χ1) is 20.1. The molecule has 0 bridgehead atoms. The second kappa shape index (κ2) is 10.7. The van der Waals surface area contributed by atoms with Crippen LogP contribution in [0.3, 0.4) is 0 Å². The number of nitrogens with one attached hydrogen (secondary N) is 1. The van der Waals surface area contributed by atoms with Crippen LogP contribution >= 0.6 is 0 Å². The topological polar surface area (TPSA) is 119 Å². The second-order valence-corrected chi connectivity index (χ2v) is 10.8. The number of hydrogen-bond donors (Lipinski definition) is 2. The van der Waals surface area contributed by atoms with Crippen molar-refractivity contribution in [3.63, 3.8) is 0 Å². The van der Waals surface area contributed by atoms with E-state index in [-0.39, 0.29) is 40.3 Å². The molecule has 3 aromatic heterocycles. The zero-order chi connectivity index (χ0) is 29.6. The van der Waals surface area contributed by atoms with E-state index in [1.165, 1.54) is 18.3 Å². The minimum Gasteiger partial charge on any atom is -0.382 e. The van der Waals surface area contributed by atoms with Crippen LogP contribution in [0.2, 0.25) is 0 Å². The lowest BCUT2D eigenvalue weighted by atomic mass is 9.96. The first-order valence-electron chi connectivity index (χ1n) is 13.6. The van der Waals surface area contributed by atoms with Crippen LogP contribution in [-0.2, 0) is 11.0 Å². The minimum absolute atomic E-state index is 0.0738. The van der Waals surface area contributed by atoms with Crippen molar-refractivity contribution in [3.05, 3.63) is 71.7 Å². The predicted molar refractivity (Wildman–Crippen MR) is 146 cm³/mol. The van der Waals surface area contributed by atoms with E-state index in [1.54, 1.807) is 10.6 Å². The van der Waals surface area contributed by atoms with Crippen molar-refractivity contribution < 1.29 is 27.2 Å². The van der Waals surface area contributed by atoms with Crippen molar-refractivity contribution >= 4 is 29.0 Å². The van der Waals surface area contributed by atoms with Crippen molar-refractivity contribution in [2.75, 3.05) is 24.1 Å². The fourth-order valence-corrected chi connectivity index (χ4v) is 5.39. The summed E-state index contributed by atoms with van der Waals surface area (Å²) in [7, 11) is 0. The summed E-state index contributed by atoms with van der Waals surface area (Å²) in [5.41, 5.74) is 5.83. The second-order valence-electron chi connectivity index (χ2n) is 10.8. The molecule has 4 heterocycles. The highest BCUT2D eigenvalue weighted by Crippen LogP contribution is 2.37. The highest BCUT2D eigenvalue weighted by atomic mass is 19.4. The minimum atomic E-state index is -4.61. The van der Waals surface area contributed by atoms with Gasteiger partial charge in [-0.2, -0.15) is 13.2 Å². The average Bonchev–Trinajstić information content (AvgIpc) is 3.69. The van der Waals surface area contributed by atoms with Gasteiger partial charge in [-0.25, -0.2) is 19.3 Å². The van der Waals surface area contributed by atoms with E-state index in [2.05, 4.69) is 15.3 Å². The third kappa shape index (κ3) is 5.50. The highest BCUT2D eigenvalue weighted by molar-refractivity contribution is 6.04. The Bertz CT molecular complexity index is 1680. The molecule has 9 nitrogen and oxygen atoms in total. The predicted octanol–water partition coefficient (Wildman–Crippen LogP) is 5.29. The molecule has 42 heavy (non-hydrogen) atoms. The normalized spacial score (nSPS) is 17.4. The van der Waals surface area contributed by atoms with E-state index in [4.69, 9.17) is 10.7 Å². The maximum atomic E-state index is 15.6. The number of aromatic nitrogens is 4. The van der Waals surface area contributed by atoms with Crippen LogP contribution in [0.25, 0.3) is 16.8 Å². The standard InChI is InChI=1S/C29H27F4N7O2/c30-21-13-17(28(42)37-22-14-19(7-8-35-22)29(31,32)33)5-6-20(21)24-25-26(34)36-9-11-40(25)27(38-24)18-2-1-10-39(15-18)23(41)12-16-3-4-16/h5-9,11,13-14,16,18H,1-4,10,12,15H2,(H2,34,36)(H,35,37,42)/t18-/m1/s1. The molecular formula is C29H27F4N7O2. The monoisotopic (exact) mass is 581 g/mol. The Hall–Kier alpha value is -4.55. The summed E-state index contributed by atoms with van der Waals surface area (Å²) < 4.78 is 56.4. The quantitative estimate of drug-likeness (QED) is 0.299. The molecule has 2 aliphatic rings. The van der Waals surface area contributed by atoms with E-state index in [0.29, 0.717) is 42.8 Å². The Labute approximate surface area is 237 Å². The van der Waals surface area contributed by atoms with Gasteiger partial charge in [-0.3, -0.25) is 14.0 Å². The number of nitrogens with zero attached hydrogens (tertiary/aromatic N) is 5. The molecule has 3 N–H and O–H groups in total. The van der Waals surface area contributed by atoms with Gasteiger partial charge in [0.15, 0.2) is 0 Å². The maximum absolute atomic E-state index is 15.6. The number of nitrogens with two attached hydrogens (primary N) is 1. The molecule has 1 saturated heterocycles. The molecule has 1 saturated carbocycles. The summed E-state index contributed by atoms with van der Waals surface area (Å²) in [4.78, 5) is 40.1. The van der Waals surface area contributed by atoms with Gasteiger partial charge >= 0.3 is 6.18 Å². The number of pyridine rings is 1. The number of halogens is 4. The number of hydrogen-bond acceptors (Lipinski definition) is 6. The van der Waals surface area contributed by atoms with Gasteiger partial charge in [0, 0.05) is 55.1 Å². The fourth-order valence-electron chi connectivity index (χ4n) is 5.39. The Morgan fingerprint density at radius 2 is 1.88 bits per heavy atom. The number of amides is 2. The summed E-state index contributed by atoms with van der Waals surface area (Å²) >= 11 is 0. The van der Waals surface area contributed by atoms with E-state index < -0.39 is 23.5 Å². The first kappa shape index (κ1) is 27.6. The summed E-state index contributed by atoms with van der Waals surface area (Å²) in [6.45, 7) is 1.19. The summed E-state index contributed by atoms with van der Waals surface area (Å²) in [5.74, 6) is -0.628. The molecular weight excluding hydrogens is 554 g/mol. The molecule has 6 rings (SSSR count). The van der Waals surface area contributed by atoms with Gasteiger partial charge in [0.25, 0.3) is 5.91 Å². The van der Waals surface area contributed by atoms with Crippen molar-refractivity contribution in [3.8, 4) is 11.3 Å². The zero-order valence-corrected chi connectivity index (χ0v) is 22.4. The van der Waals surface area contributed by atoms with Crippen LogP contribution in [0.5, 0.6) is 0 Å². The van der Waals surface area contributed by atoms with E-state index >= 15 is 4.39 Å². The number of imidazole rings is 1. The van der Waals surface area contributed by atoms with Gasteiger partial charge in [0.05, 0.1) is 5.56 Å². The third-order valence-electron chi connectivity index (χ3n) is 7.73. The Kier molecular flexibility index (Phi) is 7.03. The molecule has 4 aromatic rings. The number of benzene rings is 1. The molecule has 1 atom stereocenters. The lowest BCUT2D eigenvalue weighted by Gasteiger charge is -2.32. The van der Waals surface area contributed by atoms with E-state index in [9.17, 15) is 22.8 Å². The first-order valence-corrected chi connectivity index (χ1v) is 13.6. The number of nitrogen functional groups attached to an aromatic ring is 1. The number of likely N-dealkylation sites (tertiary alicyclic amines) is 1. The Morgan fingerprint density at radius 3 is 2.62 bits per heavy atom. The van der Waals surface area contributed by atoms with Crippen LogP contribution in [0, 0.1) is 11.7 Å². The van der Waals surface area contributed by atoms with Gasteiger partial charge < -0.3 is 16.0 Å². The number of alkyl halides is 3. The fraction of sp³-hybridized carbons (Fsp3) is 0.345. The van der Waals surface area contributed by atoms with Crippen LogP contribution in [-0.4, -0.2) is 49.2 Å². The number of anilines is 2. The molecule has 2 amide bonds. The number of carbonyl (C=O) groups is 2. The molecule has 1 aromatic carbocycles. The van der Waals surface area contributed by atoms with E-state index in [0.717, 1.165) is 44.0 Å². The number of piperidine rings is 1. The number of fused-ring (bicyclic) bond motifs is 1. The van der Waals surface area contributed by atoms with Crippen molar-refractivity contribution in [1.29, 1.82) is 0 Å². The lowest BCUT2D eigenvalue weighted by Crippen LogP contribution is -2.39. The number of rotatable bonds is 6. The molecule has 2 fully saturated rings. The highest BCUT2D eigenvalue weighted by Gasteiger charge is 2.33. The summed E-state index contributed by atoms with van der Waals surface area (Å²) in [6, 6.07) is 5.18. The van der Waals surface area contributed by atoms with Crippen molar-refractivity contribution in [2.24, 2.45) is 5.92 Å². The van der Waals surface area contributed by atoms with Crippen molar-refractivity contribution in [2.45, 2.75) is 44.2 Å². The molecule has 1 aliphatic carbocycles. The van der Waals surface area contributed by atoms with Gasteiger partial charge in [-0.15, -0.1) is 0 Å². The maximum Gasteiger partial charge on any atom is 0.416 e. The molecule has 0 radical (unpaired) electrons. The van der Waals surface area contributed by atoms with E-state index in [1.807, 2.05) is 4.90 Å². The van der Waals surface area contributed by atoms with Gasteiger partial charge in [0.2, 0.25) is 5.91 Å². The number of carbonyl (C=O) groups excluding carboxylic acids is 2.